The van der Waals surface area contributed by atoms with E-state index < -0.39 is 0 Å². The molecule has 3 heterocycles. The van der Waals surface area contributed by atoms with Crippen LogP contribution in [0.5, 0.6) is 0 Å². The highest BCUT2D eigenvalue weighted by molar-refractivity contribution is 9.10. The lowest BCUT2D eigenvalue weighted by molar-refractivity contribution is -0.122. The van der Waals surface area contributed by atoms with E-state index in [1.54, 1.807) is 12.3 Å². The zero-order chi connectivity index (χ0) is 18.7. The van der Waals surface area contributed by atoms with Gasteiger partial charge in [-0.3, -0.25) is 9.59 Å². The van der Waals surface area contributed by atoms with Gasteiger partial charge in [-0.2, -0.15) is 0 Å². The maximum atomic E-state index is 12.5. The number of amides is 2. The maximum Gasteiger partial charge on any atom is 0.272 e. The molecule has 2 aromatic rings. The van der Waals surface area contributed by atoms with Gasteiger partial charge in [-0.05, 0) is 53.9 Å². The van der Waals surface area contributed by atoms with E-state index in [0.717, 1.165) is 29.7 Å². The second-order valence-electron chi connectivity index (χ2n) is 6.38. The summed E-state index contributed by atoms with van der Waals surface area (Å²) >= 11 is 3.39. The number of hydrogen-bond donors (Lipinski definition) is 2. The number of rotatable bonds is 5. The molecule has 1 aliphatic heterocycles. The van der Waals surface area contributed by atoms with E-state index in [1.807, 2.05) is 29.8 Å². The number of primary amides is 1. The number of hydrogen-bond acceptors (Lipinski definition) is 4. The summed E-state index contributed by atoms with van der Waals surface area (Å²) < 4.78 is 2.74. The molecule has 0 radical (unpaired) electrons. The smallest absolute Gasteiger partial charge is 0.272 e. The predicted molar refractivity (Wildman–Crippen MR) is 104 cm³/mol. The van der Waals surface area contributed by atoms with Crippen molar-refractivity contribution >= 4 is 39.2 Å². The van der Waals surface area contributed by atoms with Crippen LogP contribution in [0, 0.1) is 5.92 Å². The minimum Gasteiger partial charge on any atom is -0.369 e. The van der Waals surface area contributed by atoms with Gasteiger partial charge in [0, 0.05) is 30.3 Å². The van der Waals surface area contributed by atoms with Crippen LogP contribution >= 0.6 is 15.9 Å². The molecule has 0 spiro atoms. The summed E-state index contributed by atoms with van der Waals surface area (Å²) in [6.07, 6.45) is 5.25. The van der Waals surface area contributed by atoms with Crippen LogP contribution in [-0.2, 0) is 11.3 Å². The van der Waals surface area contributed by atoms with Crippen LogP contribution in [-0.4, -0.2) is 34.5 Å². The van der Waals surface area contributed by atoms with E-state index in [4.69, 9.17) is 5.73 Å². The second-order valence-corrected chi connectivity index (χ2v) is 7.29. The number of halogens is 1. The van der Waals surface area contributed by atoms with Crippen molar-refractivity contribution in [3.63, 3.8) is 0 Å². The number of piperidine rings is 1. The highest BCUT2D eigenvalue weighted by Gasteiger charge is 2.24. The summed E-state index contributed by atoms with van der Waals surface area (Å²) in [6, 6.07) is 5.47. The Kier molecular flexibility index (Phi) is 5.61. The molecule has 1 saturated heterocycles. The van der Waals surface area contributed by atoms with Crippen LogP contribution in [0.3, 0.4) is 0 Å². The fourth-order valence-electron chi connectivity index (χ4n) is 3.19. The lowest BCUT2D eigenvalue weighted by atomic mass is 9.97. The summed E-state index contributed by atoms with van der Waals surface area (Å²) in [4.78, 5) is 30.4. The number of carbonyl (C=O) groups is 2. The quantitative estimate of drug-likeness (QED) is 0.778. The monoisotopic (exact) mass is 419 g/mol. The zero-order valence-corrected chi connectivity index (χ0v) is 16.2. The van der Waals surface area contributed by atoms with Crippen molar-refractivity contribution in [2.24, 2.45) is 11.7 Å². The van der Waals surface area contributed by atoms with Gasteiger partial charge in [0.2, 0.25) is 5.91 Å². The van der Waals surface area contributed by atoms with Gasteiger partial charge in [0.05, 0.1) is 17.8 Å². The zero-order valence-electron chi connectivity index (χ0n) is 14.6. The molecule has 1 fully saturated rings. The number of aromatic nitrogens is 2. The normalized spacial score (nSPS) is 17.2. The van der Waals surface area contributed by atoms with Gasteiger partial charge in [0.1, 0.15) is 11.5 Å². The van der Waals surface area contributed by atoms with Gasteiger partial charge in [-0.1, -0.05) is 0 Å². The third-order valence-corrected chi connectivity index (χ3v) is 5.02. The van der Waals surface area contributed by atoms with Crippen LogP contribution < -0.4 is 16.0 Å². The first-order valence-electron chi connectivity index (χ1n) is 8.65. The number of anilines is 2. The van der Waals surface area contributed by atoms with Crippen molar-refractivity contribution in [3.8, 4) is 0 Å². The highest BCUT2D eigenvalue weighted by Crippen LogP contribution is 2.23. The van der Waals surface area contributed by atoms with E-state index in [0.29, 0.717) is 24.5 Å². The van der Waals surface area contributed by atoms with Gasteiger partial charge >= 0.3 is 0 Å². The van der Waals surface area contributed by atoms with Crippen LogP contribution in [0.15, 0.2) is 35.1 Å². The topological polar surface area (TPSA) is 93.3 Å². The molecule has 0 bridgehead atoms. The van der Waals surface area contributed by atoms with E-state index in [9.17, 15) is 9.59 Å². The first-order valence-corrected chi connectivity index (χ1v) is 9.44. The van der Waals surface area contributed by atoms with Gasteiger partial charge in [-0.15, -0.1) is 0 Å². The second kappa shape index (κ2) is 7.90. The first-order chi connectivity index (χ1) is 12.5. The largest absolute Gasteiger partial charge is 0.369 e. The molecule has 0 aliphatic carbocycles. The summed E-state index contributed by atoms with van der Waals surface area (Å²) in [5.41, 5.74) is 6.64. The summed E-state index contributed by atoms with van der Waals surface area (Å²) in [5.74, 6) is 0.210. The lowest BCUT2D eigenvalue weighted by Gasteiger charge is -2.32. The van der Waals surface area contributed by atoms with E-state index in [1.165, 1.54) is 0 Å². The predicted octanol–water partition coefficient (Wildman–Crippen LogP) is 2.62. The molecule has 26 heavy (non-hydrogen) atoms. The Morgan fingerprint density at radius 2 is 2.23 bits per heavy atom. The number of aryl methyl sites for hydroxylation is 1. The third-order valence-electron chi connectivity index (χ3n) is 4.59. The number of nitrogens with zero attached hydrogens (tertiary/aromatic N) is 3. The molecule has 1 unspecified atom stereocenters. The number of carbonyl (C=O) groups excluding carboxylic acids is 2. The number of nitrogens with two attached hydrogens (primary N) is 1. The molecule has 7 nitrogen and oxygen atoms in total. The SMILES string of the molecule is CCn1cc(Br)cc1C(=O)Nc1ccc(N2CCCC(C(N)=O)C2)nc1. The molecule has 2 aromatic heterocycles. The molecule has 0 aromatic carbocycles. The average molecular weight is 420 g/mol. The van der Waals surface area contributed by atoms with Crippen LogP contribution in [0.25, 0.3) is 0 Å². The minimum absolute atomic E-state index is 0.134. The maximum absolute atomic E-state index is 12.5. The molecular formula is C18H22BrN5O2. The van der Waals surface area contributed by atoms with Crippen molar-refractivity contribution in [3.05, 3.63) is 40.8 Å². The summed E-state index contributed by atoms with van der Waals surface area (Å²) in [6.45, 7) is 4.13. The molecule has 1 aliphatic rings. The third kappa shape index (κ3) is 4.07. The standard InChI is InChI=1S/C18H22BrN5O2/c1-2-23-11-13(19)8-15(23)18(26)22-14-5-6-16(21-9-14)24-7-3-4-12(10-24)17(20)25/h5-6,8-9,11-12H,2-4,7,10H2,1H3,(H2,20,25)(H,22,26). The molecule has 1 atom stereocenters. The first kappa shape index (κ1) is 18.4. The highest BCUT2D eigenvalue weighted by atomic mass is 79.9. The van der Waals surface area contributed by atoms with E-state index in [-0.39, 0.29) is 17.7 Å². The average Bonchev–Trinajstić information content (AvgIpc) is 3.03. The number of nitrogens with one attached hydrogen (secondary N) is 1. The fraction of sp³-hybridized carbons (Fsp3) is 0.389. The molecule has 8 heteroatoms. The van der Waals surface area contributed by atoms with Crippen LogP contribution in [0.1, 0.15) is 30.3 Å². The van der Waals surface area contributed by atoms with E-state index >= 15 is 0 Å². The molecule has 3 N–H and O–H groups in total. The van der Waals surface area contributed by atoms with Gasteiger partial charge < -0.3 is 20.5 Å². The Balaban J connectivity index is 1.67. The summed E-state index contributed by atoms with van der Waals surface area (Å²) in [5, 5.41) is 2.87. The van der Waals surface area contributed by atoms with Crippen molar-refractivity contribution in [2.75, 3.05) is 23.3 Å². The van der Waals surface area contributed by atoms with Gasteiger partial charge in [0.15, 0.2) is 0 Å². The van der Waals surface area contributed by atoms with Gasteiger partial charge in [-0.25, -0.2) is 4.98 Å². The van der Waals surface area contributed by atoms with E-state index in [2.05, 4.69) is 31.1 Å². The van der Waals surface area contributed by atoms with Crippen molar-refractivity contribution in [1.82, 2.24) is 9.55 Å². The molecule has 3 rings (SSSR count). The molecular weight excluding hydrogens is 398 g/mol. The molecule has 138 valence electrons. The Morgan fingerprint density at radius 1 is 1.42 bits per heavy atom. The molecule has 0 saturated carbocycles. The van der Waals surface area contributed by atoms with Crippen LogP contribution in [0.4, 0.5) is 11.5 Å². The van der Waals surface area contributed by atoms with Crippen molar-refractivity contribution < 1.29 is 9.59 Å². The van der Waals surface area contributed by atoms with Crippen LogP contribution in [0.2, 0.25) is 0 Å². The Bertz CT molecular complexity index is 802. The van der Waals surface area contributed by atoms with Crippen molar-refractivity contribution in [2.45, 2.75) is 26.3 Å². The molecule has 2 amide bonds. The lowest BCUT2D eigenvalue weighted by Crippen LogP contribution is -2.41. The Morgan fingerprint density at radius 3 is 2.88 bits per heavy atom. The summed E-state index contributed by atoms with van der Waals surface area (Å²) in [7, 11) is 0. The Hall–Kier alpha value is -2.35. The fourth-order valence-corrected chi connectivity index (χ4v) is 3.65. The van der Waals surface area contributed by atoms with Crippen molar-refractivity contribution in [1.29, 1.82) is 0 Å². The number of pyridine rings is 1. The van der Waals surface area contributed by atoms with Gasteiger partial charge in [0.25, 0.3) is 5.91 Å². The Labute approximate surface area is 160 Å². The minimum atomic E-state index is -0.260.